The number of halogens is 1. The molecule has 0 amide bonds. The Labute approximate surface area is 118 Å². The molecule has 3 aromatic rings. The van der Waals surface area contributed by atoms with Crippen molar-refractivity contribution in [1.29, 1.82) is 0 Å². The molecular weight excluding hydrogens is 310 g/mol. The third-order valence-corrected chi connectivity index (χ3v) is 3.51. The SMILES string of the molecule is Nc1nc2sc(-c3ccc(Cl)o3)nn2c(=O)c1[N+](=O)[O-]. The first kappa shape index (κ1) is 12.6. The smallest absolute Gasteiger partial charge is 0.377 e. The number of nitrogens with zero attached hydrogens (tertiary/aromatic N) is 4. The minimum atomic E-state index is -0.947. The van der Waals surface area contributed by atoms with Gasteiger partial charge in [0.05, 0.1) is 4.92 Å². The van der Waals surface area contributed by atoms with Gasteiger partial charge in [-0.3, -0.25) is 14.9 Å². The number of rotatable bonds is 2. The van der Waals surface area contributed by atoms with Crippen LogP contribution in [0.1, 0.15) is 0 Å². The van der Waals surface area contributed by atoms with Gasteiger partial charge in [-0.2, -0.15) is 9.50 Å². The highest BCUT2D eigenvalue weighted by Gasteiger charge is 2.24. The maximum absolute atomic E-state index is 11.9. The molecule has 0 aliphatic rings. The highest BCUT2D eigenvalue weighted by Crippen LogP contribution is 2.28. The van der Waals surface area contributed by atoms with Crippen LogP contribution in [-0.2, 0) is 0 Å². The van der Waals surface area contributed by atoms with E-state index in [2.05, 4.69) is 10.1 Å². The number of nitro groups is 1. The van der Waals surface area contributed by atoms with E-state index in [1.165, 1.54) is 6.07 Å². The molecule has 0 saturated heterocycles. The molecule has 3 aromatic heterocycles. The Morgan fingerprint density at radius 1 is 1.50 bits per heavy atom. The molecule has 0 radical (unpaired) electrons. The lowest BCUT2D eigenvalue weighted by molar-refractivity contribution is -0.385. The lowest BCUT2D eigenvalue weighted by Gasteiger charge is -1.94. The van der Waals surface area contributed by atoms with E-state index in [0.717, 1.165) is 15.9 Å². The van der Waals surface area contributed by atoms with Crippen molar-refractivity contribution >= 4 is 39.4 Å². The summed E-state index contributed by atoms with van der Waals surface area (Å²) in [6.45, 7) is 0. The lowest BCUT2D eigenvalue weighted by atomic mass is 10.5. The van der Waals surface area contributed by atoms with Gasteiger partial charge in [0.2, 0.25) is 10.8 Å². The van der Waals surface area contributed by atoms with Crippen LogP contribution in [0, 0.1) is 10.1 Å². The molecule has 0 bridgehead atoms. The number of hydrogen-bond acceptors (Lipinski definition) is 8. The predicted octanol–water partition coefficient (Wildman–Crippen LogP) is 1.55. The summed E-state index contributed by atoms with van der Waals surface area (Å²) in [6.07, 6.45) is 0. The molecule has 0 unspecified atom stereocenters. The summed E-state index contributed by atoms with van der Waals surface area (Å²) in [6, 6.07) is 3.07. The summed E-state index contributed by atoms with van der Waals surface area (Å²) in [5.74, 6) is -0.126. The van der Waals surface area contributed by atoms with Crippen molar-refractivity contribution in [2.45, 2.75) is 0 Å². The second-order valence-corrected chi connectivity index (χ2v) is 4.94. The van der Waals surface area contributed by atoms with Crippen molar-refractivity contribution < 1.29 is 9.34 Å². The summed E-state index contributed by atoms with van der Waals surface area (Å²) in [7, 11) is 0. The second-order valence-electron chi connectivity index (χ2n) is 3.61. The Morgan fingerprint density at radius 2 is 2.25 bits per heavy atom. The molecule has 0 spiro atoms. The zero-order valence-corrected chi connectivity index (χ0v) is 11.0. The lowest BCUT2D eigenvalue weighted by Crippen LogP contribution is -2.20. The highest BCUT2D eigenvalue weighted by atomic mass is 35.5. The molecule has 2 N–H and O–H groups in total. The number of nitrogens with two attached hydrogens (primary N) is 1. The normalized spacial score (nSPS) is 11.1. The fourth-order valence-corrected chi connectivity index (χ4v) is 2.56. The van der Waals surface area contributed by atoms with Crippen LogP contribution in [0.15, 0.2) is 21.3 Å². The molecule has 0 aliphatic carbocycles. The number of aromatic nitrogens is 3. The summed E-state index contributed by atoms with van der Waals surface area (Å²) < 4.78 is 5.96. The van der Waals surface area contributed by atoms with Crippen LogP contribution < -0.4 is 11.3 Å². The van der Waals surface area contributed by atoms with Gasteiger partial charge in [0.25, 0.3) is 0 Å². The number of furan rings is 1. The second kappa shape index (κ2) is 4.28. The van der Waals surface area contributed by atoms with E-state index in [-0.39, 0.29) is 10.2 Å². The summed E-state index contributed by atoms with van der Waals surface area (Å²) in [5.41, 5.74) is 3.65. The van der Waals surface area contributed by atoms with Gasteiger partial charge < -0.3 is 10.2 Å². The Morgan fingerprint density at radius 3 is 2.85 bits per heavy atom. The van der Waals surface area contributed by atoms with Crippen LogP contribution in [0.5, 0.6) is 0 Å². The predicted molar refractivity (Wildman–Crippen MR) is 70.9 cm³/mol. The third kappa shape index (κ3) is 1.82. The molecule has 0 atom stereocenters. The van der Waals surface area contributed by atoms with E-state index in [9.17, 15) is 14.9 Å². The minimum absolute atomic E-state index is 0.126. The molecule has 0 saturated carbocycles. The van der Waals surface area contributed by atoms with Crippen molar-refractivity contribution in [2.75, 3.05) is 5.73 Å². The molecule has 0 aromatic carbocycles. The van der Waals surface area contributed by atoms with Crippen molar-refractivity contribution in [1.82, 2.24) is 14.6 Å². The van der Waals surface area contributed by atoms with E-state index >= 15 is 0 Å². The zero-order valence-electron chi connectivity index (χ0n) is 9.44. The topological polar surface area (TPSA) is 130 Å². The quantitative estimate of drug-likeness (QED) is 0.561. The summed E-state index contributed by atoms with van der Waals surface area (Å²) in [4.78, 5) is 25.7. The molecule has 11 heteroatoms. The number of fused-ring (bicyclic) bond motifs is 1. The van der Waals surface area contributed by atoms with E-state index in [1.807, 2.05) is 0 Å². The van der Waals surface area contributed by atoms with Crippen molar-refractivity contribution in [3.8, 4) is 10.8 Å². The molecule has 102 valence electrons. The molecule has 0 fully saturated rings. The van der Waals surface area contributed by atoms with Crippen LogP contribution in [0.4, 0.5) is 11.5 Å². The Kier molecular flexibility index (Phi) is 2.69. The standard InChI is InChI=1S/C9H4ClN5O4S/c10-4-2-1-3(19-4)7-13-14-8(16)5(15(17)18)6(11)12-9(14)20-7/h1-2H,11H2. The monoisotopic (exact) mass is 313 g/mol. The van der Waals surface area contributed by atoms with Crippen LogP contribution in [0.25, 0.3) is 15.7 Å². The Bertz CT molecular complexity index is 898. The maximum atomic E-state index is 11.9. The van der Waals surface area contributed by atoms with Crippen LogP contribution in [0.2, 0.25) is 5.22 Å². The molecular formula is C9H4ClN5O4S. The average Bonchev–Trinajstić information content (AvgIpc) is 2.94. The first-order chi connectivity index (χ1) is 9.47. The van der Waals surface area contributed by atoms with Crippen LogP contribution >= 0.6 is 22.9 Å². The van der Waals surface area contributed by atoms with Gasteiger partial charge in [-0.05, 0) is 23.7 Å². The summed E-state index contributed by atoms with van der Waals surface area (Å²) >= 11 is 6.65. The first-order valence-electron chi connectivity index (χ1n) is 5.07. The van der Waals surface area contributed by atoms with Gasteiger partial charge in [-0.25, -0.2) is 0 Å². The van der Waals surface area contributed by atoms with E-state index < -0.39 is 22.0 Å². The molecule has 0 aliphatic heterocycles. The van der Waals surface area contributed by atoms with E-state index in [4.69, 9.17) is 21.8 Å². The van der Waals surface area contributed by atoms with E-state index in [0.29, 0.717) is 10.8 Å². The largest absolute Gasteiger partial charge is 0.442 e. The number of anilines is 1. The van der Waals surface area contributed by atoms with Crippen LogP contribution in [0.3, 0.4) is 0 Å². The molecule has 3 heterocycles. The van der Waals surface area contributed by atoms with Gasteiger partial charge in [0.1, 0.15) is 0 Å². The number of nitrogen functional groups attached to an aromatic ring is 1. The van der Waals surface area contributed by atoms with Gasteiger partial charge >= 0.3 is 11.2 Å². The summed E-state index contributed by atoms with van der Waals surface area (Å²) in [5, 5.41) is 15.2. The Balaban J connectivity index is 2.29. The van der Waals surface area contributed by atoms with Gasteiger partial charge in [0.15, 0.2) is 16.0 Å². The minimum Gasteiger partial charge on any atom is -0.442 e. The van der Waals surface area contributed by atoms with Crippen molar-refractivity contribution in [3.63, 3.8) is 0 Å². The number of hydrogen-bond donors (Lipinski definition) is 1. The molecule has 9 nitrogen and oxygen atoms in total. The zero-order chi connectivity index (χ0) is 14.4. The van der Waals surface area contributed by atoms with Crippen LogP contribution in [-0.4, -0.2) is 19.5 Å². The Hall–Kier alpha value is -2.46. The third-order valence-electron chi connectivity index (χ3n) is 2.38. The van der Waals surface area contributed by atoms with Crippen molar-refractivity contribution in [2.24, 2.45) is 0 Å². The fraction of sp³-hybridized carbons (Fsp3) is 0. The maximum Gasteiger partial charge on any atom is 0.377 e. The molecule has 20 heavy (non-hydrogen) atoms. The van der Waals surface area contributed by atoms with Gasteiger partial charge in [0, 0.05) is 0 Å². The van der Waals surface area contributed by atoms with Gasteiger partial charge in [-0.1, -0.05) is 11.3 Å². The van der Waals surface area contributed by atoms with E-state index in [1.54, 1.807) is 6.07 Å². The van der Waals surface area contributed by atoms with Gasteiger partial charge in [-0.15, -0.1) is 5.10 Å². The highest BCUT2D eigenvalue weighted by molar-refractivity contribution is 7.19. The molecule has 3 rings (SSSR count). The average molecular weight is 314 g/mol. The van der Waals surface area contributed by atoms with Crippen molar-refractivity contribution in [3.05, 3.63) is 37.8 Å². The fourth-order valence-electron chi connectivity index (χ4n) is 1.55. The first-order valence-corrected chi connectivity index (χ1v) is 6.26.